The number of hydrogen-bond donors (Lipinski definition) is 1. The molecular formula is C26H27BrFN3O4S. The maximum absolute atomic E-state index is 14.6. The van der Waals surface area contributed by atoms with E-state index in [1.165, 1.54) is 30.1 Å². The number of amides is 2. The van der Waals surface area contributed by atoms with Crippen LogP contribution in [0.2, 0.25) is 0 Å². The molecule has 2 amide bonds. The van der Waals surface area contributed by atoms with E-state index in [0.29, 0.717) is 4.47 Å². The van der Waals surface area contributed by atoms with Crippen LogP contribution in [0.5, 0.6) is 0 Å². The first-order chi connectivity index (χ1) is 17.1. The van der Waals surface area contributed by atoms with Crippen LogP contribution < -0.4 is 9.62 Å². The molecule has 0 aliphatic rings. The molecule has 0 saturated heterocycles. The lowest BCUT2D eigenvalue weighted by Crippen LogP contribution is -2.53. The summed E-state index contributed by atoms with van der Waals surface area (Å²) in [4.78, 5) is 28.0. The molecule has 0 heterocycles. The van der Waals surface area contributed by atoms with E-state index < -0.39 is 40.2 Å². The number of likely N-dealkylation sites (N-methyl/N-ethyl adjacent to an activating group) is 1. The molecule has 3 aromatic carbocycles. The Morgan fingerprint density at radius 3 is 2.19 bits per heavy atom. The van der Waals surface area contributed by atoms with Gasteiger partial charge in [0.15, 0.2) is 0 Å². The summed E-state index contributed by atoms with van der Waals surface area (Å²) in [5, 5.41) is 2.58. The number of nitrogens with one attached hydrogen (secondary N) is 1. The summed E-state index contributed by atoms with van der Waals surface area (Å²) >= 11 is 3.34. The van der Waals surface area contributed by atoms with Crippen molar-refractivity contribution in [3.63, 3.8) is 0 Å². The van der Waals surface area contributed by atoms with Crippen molar-refractivity contribution in [2.24, 2.45) is 0 Å². The van der Waals surface area contributed by atoms with Crippen molar-refractivity contribution in [1.29, 1.82) is 0 Å². The maximum atomic E-state index is 14.6. The normalized spacial score (nSPS) is 12.0. The molecule has 3 aromatic rings. The van der Waals surface area contributed by atoms with Gasteiger partial charge in [0, 0.05) is 30.0 Å². The quantitative estimate of drug-likeness (QED) is 0.399. The Bertz CT molecular complexity index is 1320. The predicted octanol–water partition coefficient (Wildman–Crippen LogP) is 3.74. The van der Waals surface area contributed by atoms with Crippen molar-refractivity contribution in [3.05, 3.63) is 100 Å². The Hall–Kier alpha value is -3.24. The highest BCUT2D eigenvalue weighted by atomic mass is 79.9. The molecule has 0 aromatic heterocycles. The summed E-state index contributed by atoms with van der Waals surface area (Å²) in [6.45, 7) is -0.790. The lowest BCUT2D eigenvalue weighted by molar-refractivity contribution is -0.139. The second-order valence-corrected chi connectivity index (χ2v) is 10.9. The van der Waals surface area contributed by atoms with Crippen molar-refractivity contribution >= 4 is 43.5 Å². The van der Waals surface area contributed by atoms with Crippen LogP contribution in [0, 0.1) is 5.82 Å². The largest absolute Gasteiger partial charge is 0.357 e. The van der Waals surface area contributed by atoms with E-state index in [1.54, 1.807) is 30.3 Å². The monoisotopic (exact) mass is 575 g/mol. The molecule has 3 rings (SSSR count). The Kier molecular flexibility index (Phi) is 9.22. The third-order valence-electron chi connectivity index (χ3n) is 5.62. The van der Waals surface area contributed by atoms with Crippen LogP contribution in [-0.4, -0.2) is 51.0 Å². The fourth-order valence-corrected chi connectivity index (χ4v) is 5.26. The number of nitrogens with zero attached hydrogens (tertiary/aromatic N) is 2. The first kappa shape index (κ1) is 27.3. The molecule has 0 unspecified atom stereocenters. The van der Waals surface area contributed by atoms with Crippen molar-refractivity contribution in [1.82, 2.24) is 10.2 Å². The smallest absolute Gasteiger partial charge is 0.244 e. The summed E-state index contributed by atoms with van der Waals surface area (Å²) in [6.07, 6.45) is 1.16. The number of rotatable bonds is 10. The minimum absolute atomic E-state index is 0.161. The molecule has 0 aliphatic heterocycles. The van der Waals surface area contributed by atoms with Crippen LogP contribution in [0.25, 0.3) is 0 Å². The van der Waals surface area contributed by atoms with Gasteiger partial charge in [0.05, 0.1) is 11.9 Å². The zero-order valence-corrected chi connectivity index (χ0v) is 22.3. The van der Waals surface area contributed by atoms with E-state index >= 15 is 0 Å². The molecule has 10 heteroatoms. The first-order valence-corrected chi connectivity index (χ1v) is 13.8. The topological polar surface area (TPSA) is 86.8 Å². The lowest BCUT2D eigenvalue weighted by atomic mass is 10.0. The van der Waals surface area contributed by atoms with Gasteiger partial charge in [-0.2, -0.15) is 0 Å². The number of sulfonamides is 1. The van der Waals surface area contributed by atoms with Gasteiger partial charge in [-0.05, 0) is 39.7 Å². The molecule has 190 valence electrons. The summed E-state index contributed by atoms with van der Waals surface area (Å²) in [7, 11) is -2.42. The van der Waals surface area contributed by atoms with E-state index in [-0.39, 0.29) is 24.2 Å². The Morgan fingerprint density at radius 2 is 1.58 bits per heavy atom. The van der Waals surface area contributed by atoms with E-state index in [4.69, 9.17) is 0 Å². The summed E-state index contributed by atoms with van der Waals surface area (Å²) in [5.74, 6) is -1.63. The van der Waals surface area contributed by atoms with Crippen LogP contribution in [0.15, 0.2) is 83.3 Å². The average Bonchev–Trinajstić information content (AvgIpc) is 2.85. The van der Waals surface area contributed by atoms with Crippen LogP contribution in [0.4, 0.5) is 10.1 Å². The molecule has 0 spiro atoms. The molecule has 7 nitrogen and oxygen atoms in total. The highest BCUT2D eigenvalue weighted by molar-refractivity contribution is 9.10. The molecular weight excluding hydrogens is 549 g/mol. The van der Waals surface area contributed by atoms with Crippen molar-refractivity contribution in [2.45, 2.75) is 19.0 Å². The van der Waals surface area contributed by atoms with Crippen molar-refractivity contribution in [2.75, 3.05) is 24.2 Å². The first-order valence-electron chi connectivity index (χ1n) is 11.1. The van der Waals surface area contributed by atoms with Gasteiger partial charge in [0.1, 0.15) is 18.4 Å². The second-order valence-electron chi connectivity index (χ2n) is 8.15. The Labute approximate surface area is 219 Å². The molecule has 36 heavy (non-hydrogen) atoms. The van der Waals surface area contributed by atoms with Gasteiger partial charge in [0.25, 0.3) is 0 Å². The Morgan fingerprint density at radius 1 is 0.972 bits per heavy atom. The average molecular weight is 576 g/mol. The molecule has 0 aliphatic carbocycles. The highest BCUT2D eigenvalue weighted by Gasteiger charge is 2.33. The van der Waals surface area contributed by atoms with Gasteiger partial charge in [0.2, 0.25) is 21.8 Å². The van der Waals surface area contributed by atoms with Gasteiger partial charge in [-0.25, -0.2) is 12.8 Å². The molecule has 0 saturated carbocycles. The van der Waals surface area contributed by atoms with Gasteiger partial charge < -0.3 is 10.2 Å². The molecule has 1 N–H and O–H groups in total. The summed E-state index contributed by atoms with van der Waals surface area (Å²) in [5.41, 5.74) is 1.28. The van der Waals surface area contributed by atoms with E-state index in [9.17, 15) is 22.4 Å². The number of benzene rings is 3. The molecule has 0 radical (unpaired) electrons. The van der Waals surface area contributed by atoms with Gasteiger partial charge >= 0.3 is 0 Å². The van der Waals surface area contributed by atoms with E-state index in [0.717, 1.165) is 16.1 Å². The minimum Gasteiger partial charge on any atom is -0.357 e. The Balaban J connectivity index is 2.05. The maximum Gasteiger partial charge on any atom is 0.244 e. The SMILES string of the molecule is CNC(=O)[C@@H](Cc1ccccc1)N(Cc1ccccc1F)C(=O)CN(c1ccccc1Br)S(C)(=O)=O. The fraction of sp³-hybridized carbons (Fsp3) is 0.231. The number of halogens is 2. The van der Waals surface area contributed by atoms with Crippen LogP contribution >= 0.6 is 15.9 Å². The van der Waals surface area contributed by atoms with Crippen LogP contribution in [0.3, 0.4) is 0 Å². The number of hydrogen-bond acceptors (Lipinski definition) is 4. The standard InChI is InChI=1S/C26H27BrFN3O4S/c1-29-26(33)24(16-19-10-4-3-5-11-19)30(17-20-12-6-8-14-22(20)28)25(32)18-31(36(2,34)35)23-15-9-7-13-21(23)27/h3-15,24H,16-18H2,1-2H3,(H,29,33)/t24-/m1/s1. The van der Waals surface area contributed by atoms with Crippen molar-refractivity contribution < 1.29 is 22.4 Å². The zero-order valence-electron chi connectivity index (χ0n) is 19.9. The van der Waals surface area contributed by atoms with Crippen LogP contribution in [0.1, 0.15) is 11.1 Å². The highest BCUT2D eigenvalue weighted by Crippen LogP contribution is 2.28. The summed E-state index contributed by atoms with van der Waals surface area (Å²) < 4.78 is 41.5. The number of carbonyl (C=O) groups excluding carboxylic acids is 2. The number of carbonyl (C=O) groups is 2. The third-order valence-corrected chi connectivity index (χ3v) is 7.41. The van der Waals surface area contributed by atoms with Gasteiger partial charge in [-0.15, -0.1) is 0 Å². The van der Waals surface area contributed by atoms with E-state index in [2.05, 4.69) is 21.2 Å². The van der Waals surface area contributed by atoms with Crippen molar-refractivity contribution in [3.8, 4) is 0 Å². The van der Waals surface area contributed by atoms with E-state index in [1.807, 2.05) is 30.3 Å². The van der Waals surface area contributed by atoms with Gasteiger partial charge in [-0.3, -0.25) is 13.9 Å². The number of para-hydroxylation sites is 1. The fourth-order valence-electron chi connectivity index (χ4n) is 3.78. The second kappa shape index (κ2) is 12.1. The lowest BCUT2D eigenvalue weighted by Gasteiger charge is -2.33. The number of anilines is 1. The zero-order chi connectivity index (χ0) is 26.3. The van der Waals surface area contributed by atoms with Crippen LogP contribution in [-0.2, 0) is 32.6 Å². The molecule has 1 atom stereocenters. The minimum atomic E-state index is -3.88. The molecule has 0 bridgehead atoms. The molecule has 0 fully saturated rings. The summed E-state index contributed by atoms with van der Waals surface area (Å²) in [6, 6.07) is 20.7. The van der Waals surface area contributed by atoms with Gasteiger partial charge in [-0.1, -0.05) is 60.7 Å². The predicted molar refractivity (Wildman–Crippen MR) is 141 cm³/mol. The third kappa shape index (κ3) is 6.92.